The zero-order valence-electron chi connectivity index (χ0n) is 13.7. The Morgan fingerprint density at radius 1 is 1.38 bits per heavy atom. The van der Waals surface area contributed by atoms with Crippen molar-refractivity contribution in [2.75, 3.05) is 13.7 Å². The van der Waals surface area contributed by atoms with Crippen molar-refractivity contribution < 1.29 is 19.1 Å². The molecule has 1 saturated heterocycles. The minimum absolute atomic E-state index is 0.105. The highest BCUT2D eigenvalue weighted by atomic mass is 16.5. The molecule has 130 valence electrons. The van der Waals surface area contributed by atoms with E-state index in [9.17, 15) is 14.4 Å². The highest BCUT2D eigenvalue weighted by Gasteiger charge is 2.32. The molecule has 3 atom stereocenters. The molecule has 1 aliphatic heterocycles. The van der Waals surface area contributed by atoms with Crippen LogP contribution >= 0.6 is 0 Å². The minimum Gasteiger partial charge on any atom is -0.467 e. The number of nitrogens with two attached hydrogens (primary N) is 1. The quantitative estimate of drug-likeness (QED) is 0.596. The van der Waals surface area contributed by atoms with Gasteiger partial charge >= 0.3 is 5.97 Å². The monoisotopic (exact) mass is 333 g/mol. The van der Waals surface area contributed by atoms with Gasteiger partial charge in [-0.3, -0.25) is 9.59 Å². The second kappa shape index (κ2) is 8.44. The fraction of sp³-hybridized carbons (Fsp3) is 0.471. The minimum atomic E-state index is -0.877. The number of nitrogens with one attached hydrogen (secondary N) is 2. The Hall–Kier alpha value is -2.41. The molecule has 0 radical (unpaired) electrons. The number of rotatable bonds is 7. The lowest BCUT2D eigenvalue weighted by Crippen LogP contribution is -2.50. The van der Waals surface area contributed by atoms with E-state index >= 15 is 0 Å². The van der Waals surface area contributed by atoms with Crippen molar-refractivity contribution in [2.24, 2.45) is 11.7 Å². The van der Waals surface area contributed by atoms with Crippen LogP contribution in [-0.2, 0) is 25.5 Å². The van der Waals surface area contributed by atoms with Crippen molar-refractivity contribution in [1.82, 2.24) is 10.6 Å². The first-order valence-corrected chi connectivity index (χ1v) is 7.96. The highest BCUT2D eigenvalue weighted by Crippen LogP contribution is 2.17. The van der Waals surface area contributed by atoms with Gasteiger partial charge in [-0.2, -0.15) is 0 Å². The Morgan fingerprint density at radius 2 is 2.08 bits per heavy atom. The molecule has 0 saturated carbocycles. The summed E-state index contributed by atoms with van der Waals surface area (Å²) in [6, 6.07) is 7.73. The molecular weight excluding hydrogens is 310 g/mol. The van der Waals surface area contributed by atoms with E-state index in [0.29, 0.717) is 19.4 Å². The normalized spacial score (nSPS) is 19.2. The smallest absolute Gasteiger partial charge is 0.328 e. The molecule has 2 amide bonds. The summed E-state index contributed by atoms with van der Waals surface area (Å²) in [4.78, 5) is 35.9. The maximum atomic E-state index is 12.3. The summed E-state index contributed by atoms with van der Waals surface area (Å²) in [6.07, 6.45) is 1.21. The molecule has 1 aliphatic rings. The Labute approximate surface area is 140 Å². The molecule has 1 aromatic carbocycles. The van der Waals surface area contributed by atoms with E-state index in [4.69, 9.17) is 10.5 Å². The number of carbonyl (C=O) groups is 3. The van der Waals surface area contributed by atoms with Gasteiger partial charge in [0.15, 0.2) is 0 Å². The summed E-state index contributed by atoms with van der Waals surface area (Å²) in [5.41, 5.74) is 6.87. The van der Waals surface area contributed by atoms with E-state index in [1.807, 2.05) is 30.3 Å². The third kappa shape index (κ3) is 4.79. The van der Waals surface area contributed by atoms with Crippen LogP contribution < -0.4 is 16.4 Å². The number of amides is 2. The predicted octanol–water partition coefficient (Wildman–Crippen LogP) is -0.260. The van der Waals surface area contributed by atoms with Gasteiger partial charge in [-0.05, 0) is 24.8 Å². The molecule has 2 rings (SSSR count). The van der Waals surface area contributed by atoms with E-state index in [-0.39, 0.29) is 18.2 Å². The van der Waals surface area contributed by atoms with Crippen molar-refractivity contribution in [1.29, 1.82) is 0 Å². The van der Waals surface area contributed by atoms with Gasteiger partial charge in [0.05, 0.1) is 13.2 Å². The lowest BCUT2D eigenvalue weighted by atomic mass is 9.97. The third-order valence-corrected chi connectivity index (χ3v) is 4.12. The lowest BCUT2D eigenvalue weighted by Gasteiger charge is -2.21. The number of hydrogen-bond donors (Lipinski definition) is 3. The zero-order chi connectivity index (χ0) is 17.5. The molecule has 0 aromatic heterocycles. The second-order valence-corrected chi connectivity index (χ2v) is 5.89. The SMILES string of the molecule is COC(=O)C(CC1CCNC1=O)NC(=O)[C@@H](N)Cc1ccccc1. The van der Waals surface area contributed by atoms with Crippen molar-refractivity contribution in [2.45, 2.75) is 31.3 Å². The number of hydrogen-bond acceptors (Lipinski definition) is 5. The molecule has 7 nitrogen and oxygen atoms in total. The molecule has 0 aliphatic carbocycles. The van der Waals surface area contributed by atoms with Crippen LogP contribution in [-0.4, -0.2) is 43.5 Å². The van der Waals surface area contributed by atoms with Crippen LogP contribution in [0.15, 0.2) is 30.3 Å². The van der Waals surface area contributed by atoms with Gasteiger partial charge in [0.2, 0.25) is 11.8 Å². The second-order valence-electron chi connectivity index (χ2n) is 5.89. The Bertz CT molecular complexity index is 591. The topological polar surface area (TPSA) is 111 Å². The summed E-state index contributed by atoms with van der Waals surface area (Å²) in [5, 5.41) is 5.33. The van der Waals surface area contributed by atoms with Gasteiger partial charge in [-0.15, -0.1) is 0 Å². The first-order chi connectivity index (χ1) is 11.5. The molecule has 0 spiro atoms. The van der Waals surface area contributed by atoms with Crippen LogP contribution in [0.25, 0.3) is 0 Å². The first kappa shape index (κ1) is 17.9. The molecule has 24 heavy (non-hydrogen) atoms. The Morgan fingerprint density at radius 3 is 2.67 bits per heavy atom. The fourth-order valence-corrected chi connectivity index (χ4v) is 2.75. The van der Waals surface area contributed by atoms with Crippen molar-refractivity contribution in [3.05, 3.63) is 35.9 Å². The molecule has 2 unspecified atom stereocenters. The molecule has 1 aromatic rings. The summed E-state index contributed by atoms with van der Waals surface area (Å²) in [6.45, 7) is 0.582. The van der Waals surface area contributed by atoms with Gasteiger partial charge in [0.25, 0.3) is 0 Å². The van der Waals surface area contributed by atoms with E-state index in [1.54, 1.807) is 0 Å². The van der Waals surface area contributed by atoms with Crippen LogP contribution in [0, 0.1) is 5.92 Å². The van der Waals surface area contributed by atoms with Crippen LogP contribution in [0.5, 0.6) is 0 Å². The van der Waals surface area contributed by atoms with Crippen LogP contribution in [0.2, 0.25) is 0 Å². The number of ether oxygens (including phenoxy) is 1. The fourth-order valence-electron chi connectivity index (χ4n) is 2.75. The number of methoxy groups -OCH3 is 1. The maximum Gasteiger partial charge on any atom is 0.328 e. The number of esters is 1. The lowest BCUT2D eigenvalue weighted by molar-refractivity contribution is -0.146. The average molecular weight is 333 g/mol. The number of benzene rings is 1. The predicted molar refractivity (Wildman–Crippen MR) is 87.8 cm³/mol. The maximum absolute atomic E-state index is 12.3. The molecule has 4 N–H and O–H groups in total. The van der Waals surface area contributed by atoms with Crippen molar-refractivity contribution in [3.8, 4) is 0 Å². The van der Waals surface area contributed by atoms with Gasteiger partial charge < -0.3 is 21.1 Å². The Balaban J connectivity index is 1.95. The molecule has 1 fully saturated rings. The molecular formula is C17H23N3O4. The summed E-state index contributed by atoms with van der Waals surface area (Å²) >= 11 is 0. The molecule has 0 bridgehead atoms. The van der Waals surface area contributed by atoms with Gasteiger partial charge in [0, 0.05) is 12.5 Å². The van der Waals surface area contributed by atoms with Gasteiger partial charge in [0.1, 0.15) is 6.04 Å². The van der Waals surface area contributed by atoms with E-state index in [1.165, 1.54) is 7.11 Å². The Kier molecular flexibility index (Phi) is 6.31. The van der Waals surface area contributed by atoms with Crippen LogP contribution in [0.4, 0.5) is 0 Å². The standard InChI is InChI=1S/C17H23N3O4/c1-24-17(23)14(10-12-7-8-19-15(12)21)20-16(22)13(18)9-11-5-3-2-4-6-11/h2-6,12-14H,7-10,18H2,1H3,(H,19,21)(H,20,22)/t12?,13-,14?/m0/s1. The van der Waals surface area contributed by atoms with Crippen LogP contribution in [0.1, 0.15) is 18.4 Å². The average Bonchev–Trinajstić information content (AvgIpc) is 2.99. The molecule has 1 heterocycles. The third-order valence-electron chi connectivity index (χ3n) is 4.12. The molecule has 7 heteroatoms. The summed E-state index contributed by atoms with van der Waals surface area (Å²) in [7, 11) is 1.25. The van der Waals surface area contributed by atoms with E-state index < -0.39 is 24.0 Å². The largest absolute Gasteiger partial charge is 0.467 e. The van der Waals surface area contributed by atoms with E-state index in [2.05, 4.69) is 10.6 Å². The van der Waals surface area contributed by atoms with E-state index in [0.717, 1.165) is 5.56 Å². The summed E-state index contributed by atoms with van der Waals surface area (Å²) in [5.74, 6) is -1.42. The van der Waals surface area contributed by atoms with Crippen molar-refractivity contribution >= 4 is 17.8 Å². The van der Waals surface area contributed by atoms with Gasteiger partial charge in [-0.1, -0.05) is 30.3 Å². The first-order valence-electron chi connectivity index (χ1n) is 7.96. The summed E-state index contributed by atoms with van der Waals surface area (Å²) < 4.78 is 4.73. The zero-order valence-corrected chi connectivity index (χ0v) is 13.7. The van der Waals surface area contributed by atoms with Gasteiger partial charge in [-0.25, -0.2) is 4.79 Å². The van der Waals surface area contributed by atoms with Crippen LogP contribution in [0.3, 0.4) is 0 Å². The highest BCUT2D eigenvalue weighted by molar-refractivity contribution is 5.88. The number of carbonyl (C=O) groups excluding carboxylic acids is 3. The van der Waals surface area contributed by atoms with Crippen molar-refractivity contribution in [3.63, 3.8) is 0 Å².